The highest BCUT2D eigenvalue weighted by atomic mass is 19.4. The van der Waals surface area contributed by atoms with E-state index in [1.54, 1.807) is 17.4 Å². The lowest BCUT2D eigenvalue weighted by molar-refractivity contribution is -0.167. The first-order chi connectivity index (χ1) is 9.74. The Hall–Kier alpha value is -1.60. The monoisotopic (exact) mass is 304 g/mol. The van der Waals surface area contributed by atoms with Gasteiger partial charge in [0.25, 0.3) is 0 Å². The Morgan fingerprint density at radius 2 is 2.00 bits per heavy atom. The van der Waals surface area contributed by atoms with Gasteiger partial charge in [0.15, 0.2) is 0 Å². The molecule has 1 rings (SSSR count). The van der Waals surface area contributed by atoms with Crippen molar-refractivity contribution < 1.29 is 23.1 Å². The first kappa shape index (κ1) is 17.5. The van der Waals surface area contributed by atoms with Crippen LogP contribution in [0.1, 0.15) is 19.4 Å². The van der Waals surface area contributed by atoms with Gasteiger partial charge in [-0.1, -0.05) is 26.0 Å². The summed E-state index contributed by atoms with van der Waals surface area (Å²) in [7, 11) is 0. The fourth-order valence-corrected chi connectivity index (χ4v) is 1.72. The van der Waals surface area contributed by atoms with E-state index in [9.17, 15) is 23.1 Å². The summed E-state index contributed by atoms with van der Waals surface area (Å²) < 4.78 is 36.5. The van der Waals surface area contributed by atoms with E-state index in [0.29, 0.717) is 12.1 Å². The minimum absolute atomic E-state index is 0.0256. The van der Waals surface area contributed by atoms with Gasteiger partial charge in [-0.3, -0.25) is 4.79 Å². The Balaban J connectivity index is 2.66. The summed E-state index contributed by atoms with van der Waals surface area (Å²) in [5.41, 5.74) is 0.802. The third kappa shape index (κ3) is 5.73. The lowest BCUT2D eigenvalue weighted by Gasteiger charge is -2.20. The van der Waals surface area contributed by atoms with E-state index < -0.39 is 12.1 Å². The Morgan fingerprint density at radius 1 is 1.33 bits per heavy atom. The highest BCUT2D eigenvalue weighted by molar-refractivity contribution is 5.94. The molecule has 0 fully saturated rings. The smallest absolute Gasteiger partial charge is 0.395 e. The van der Waals surface area contributed by atoms with Crippen molar-refractivity contribution in [2.24, 2.45) is 5.92 Å². The predicted octanol–water partition coefficient (Wildman–Crippen LogP) is 2.29. The van der Waals surface area contributed by atoms with Crippen molar-refractivity contribution >= 4 is 11.6 Å². The van der Waals surface area contributed by atoms with E-state index in [4.69, 9.17) is 0 Å². The maximum Gasteiger partial charge on any atom is 0.471 e. The number of nitrogens with one attached hydrogen (secondary N) is 2. The van der Waals surface area contributed by atoms with Gasteiger partial charge in [0, 0.05) is 18.3 Å². The van der Waals surface area contributed by atoms with Crippen molar-refractivity contribution in [1.29, 1.82) is 0 Å². The average molecular weight is 304 g/mol. The Bertz CT molecular complexity index is 476. The van der Waals surface area contributed by atoms with Gasteiger partial charge in [0.2, 0.25) is 0 Å². The number of anilines is 1. The first-order valence-corrected chi connectivity index (χ1v) is 6.55. The third-order valence-electron chi connectivity index (χ3n) is 3.01. The molecular formula is C14H19F3N2O2. The van der Waals surface area contributed by atoms with Crippen LogP contribution >= 0.6 is 0 Å². The van der Waals surface area contributed by atoms with Crippen molar-refractivity contribution in [3.8, 4) is 0 Å². The van der Waals surface area contributed by atoms with E-state index >= 15 is 0 Å². The highest BCUT2D eigenvalue weighted by Gasteiger charge is 2.38. The van der Waals surface area contributed by atoms with Crippen molar-refractivity contribution in [2.75, 3.05) is 11.9 Å². The average Bonchev–Trinajstić information content (AvgIpc) is 2.38. The first-order valence-electron chi connectivity index (χ1n) is 6.55. The van der Waals surface area contributed by atoms with Crippen molar-refractivity contribution in [3.05, 3.63) is 29.8 Å². The predicted molar refractivity (Wildman–Crippen MR) is 73.7 cm³/mol. The van der Waals surface area contributed by atoms with Crippen LogP contribution in [0.15, 0.2) is 24.3 Å². The zero-order chi connectivity index (χ0) is 16.0. The third-order valence-corrected chi connectivity index (χ3v) is 3.01. The molecule has 0 radical (unpaired) electrons. The molecule has 0 aliphatic heterocycles. The molecule has 3 N–H and O–H groups in total. The van der Waals surface area contributed by atoms with Gasteiger partial charge < -0.3 is 15.7 Å². The largest absolute Gasteiger partial charge is 0.471 e. The highest BCUT2D eigenvalue weighted by Crippen LogP contribution is 2.19. The molecule has 21 heavy (non-hydrogen) atoms. The van der Waals surface area contributed by atoms with Gasteiger partial charge in [0.05, 0.1) is 6.61 Å². The van der Waals surface area contributed by atoms with Crippen molar-refractivity contribution in [3.63, 3.8) is 0 Å². The van der Waals surface area contributed by atoms with Crippen LogP contribution in [-0.2, 0) is 11.3 Å². The molecule has 0 spiro atoms. The maximum absolute atomic E-state index is 12.2. The molecule has 1 atom stereocenters. The molecule has 118 valence electrons. The number of hydrogen-bond acceptors (Lipinski definition) is 3. The number of carbonyl (C=O) groups excluding carboxylic acids is 1. The molecule has 0 aliphatic carbocycles. The van der Waals surface area contributed by atoms with Gasteiger partial charge in [0.1, 0.15) is 0 Å². The summed E-state index contributed by atoms with van der Waals surface area (Å²) in [6.45, 7) is 4.27. The second-order valence-electron chi connectivity index (χ2n) is 5.07. The quantitative estimate of drug-likeness (QED) is 0.756. The molecule has 1 amide bonds. The number of aliphatic hydroxyl groups is 1. The molecular weight excluding hydrogens is 285 g/mol. The molecule has 0 heterocycles. The number of alkyl halides is 3. The summed E-state index contributed by atoms with van der Waals surface area (Å²) in [5, 5.41) is 14.1. The molecule has 0 bridgehead atoms. The van der Waals surface area contributed by atoms with Crippen molar-refractivity contribution in [1.82, 2.24) is 5.32 Å². The van der Waals surface area contributed by atoms with E-state index in [1.165, 1.54) is 12.1 Å². The molecule has 1 aromatic carbocycles. The minimum Gasteiger partial charge on any atom is -0.395 e. The van der Waals surface area contributed by atoms with Crippen LogP contribution in [0.3, 0.4) is 0 Å². The summed E-state index contributed by atoms with van der Waals surface area (Å²) in [5.74, 6) is -1.77. The summed E-state index contributed by atoms with van der Waals surface area (Å²) >= 11 is 0. The van der Waals surface area contributed by atoms with E-state index in [1.807, 2.05) is 13.8 Å². The van der Waals surface area contributed by atoms with Crippen LogP contribution in [0, 0.1) is 5.92 Å². The molecule has 7 heteroatoms. The van der Waals surface area contributed by atoms with E-state index in [0.717, 1.165) is 0 Å². The maximum atomic E-state index is 12.2. The van der Waals surface area contributed by atoms with Crippen LogP contribution in [0.5, 0.6) is 0 Å². The van der Waals surface area contributed by atoms with E-state index in [-0.39, 0.29) is 24.3 Å². The van der Waals surface area contributed by atoms with Gasteiger partial charge >= 0.3 is 12.1 Å². The van der Waals surface area contributed by atoms with Crippen LogP contribution in [0.25, 0.3) is 0 Å². The number of hydrogen-bond donors (Lipinski definition) is 3. The Kier molecular flexibility index (Phi) is 6.17. The molecule has 0 saturated heterocycles. The normalized spacial score (nSPS) is 13.3. The fourth-order valence-electron chi connectivity index (χ4n) is 1.72. The van der Waals surface area contributed by atoms with Gasteiger partial charge in [-0.15, -0.1) is 0 Å². The SMILES string of the molecule is CC(C)[C@@H](CO)NCc1cccc(NC(=O)C(F)(F)F)c1. The number of amides is 1. The van der Waals surface area contributed by atoms with Crippen LogP contribution in [0.2, 0.25) is 0 Å². The summed E-state index contributed by atoms with van der Waals surface area (Å²) in [6.07, 6.45) is -4.91. The second-order valence-corrected chi connectivity index (χ2v) is 5.07. The number of rotatable bonds is 6. The fraction of sp³-hybridized carbons (Fsp3) is 0.500. The Morgan fingerprint density at radius 3 is 2.52 bits per heavy atom. The van der Waals surface area contributed by atoms with Gasteiger partial charge in [-0.05, 0) is 23.6 Å². The lowest BCUT2D eigenvalue weighted by Crippen LogP contribution is -2.36. The summed E-state index contributed by atoms with van der Waals surface area (Å²) in [6, 6.07) is 6.04. The molecule has 1 aromatic rings. The number of benzene rings is 1. The minimum atomic E-state index is -4.91. The van der Waals surface area contributed by atoms with Crippen molar-refractivity contribution in [2.45, 2.75) is 32.6 Å². The molecule has 0 aliphatic rings. The van der Waals surface area contributed by atoms with Crippen LogP contribution in [-0.4, -0.2) is 29.8 Å². The summed E-state index contributed by atoms with van der Waals surface area (Å²) in [4.78, 5) is 10.9. The standard InChI is InChI=1S/C14H19F3N2O2/c1-9(2)12(8-20)18-7-10-4-3-5-11(6-10)19-13(21)14(15,16)17/h3-6,9,12,18,20H,7-8H2,1-2H3,(H,19,21)/t12-/m1/s1. The zero-order valence-electron chi connectivity index (χ0n) is 11.9. The molecule has 4 nitrogen and oxygen atoms in total. The van der Waals surface area contributed by atoms with Gasteiger partial charge in [-0.25, -0.2) is 0 Å². The lowest BCUT2D eigenvalue weighted by atomic mass is 10.0. The molecule has 0 aromatic heterocycles. The zero-order valence-corrected chi connectivity index (χ0v) is 11.9. The number of aliphatic hydroxyl groups excluding tert-OH is 1. The molecule has 0 saturated carbocycles. The molecule has 0 unspecified atom stereocenters. The Labute approximate surface area is 121 Å². The second kappa shape index (κ2) is 7.42. The number of carbonyl (C=O) groups is 1. The van der Waals surface area contributed by atoms with Crippen LogP contribution < -0.4 is 10.6 Å². The topological polar surface area (TPSA) is 61.4 Å². The van der Waals surface area contributed by atoms with Gasteiger partial charge in [-0.2, -0.15) is 13.2 Å². The van der Waals surface area contributed by atoms with E-state index in [2.05, 4.69) is 5.32 Å². The number of halogens is 3. The van der Waals surface area contributed by atoms with Crippen LogP contribution in [0.4, 0.5) is 18.9 Å².